The predicted octanol–water partition coefficient (Wildman–Crippen LogP) is 3.40. The fourth-order valence-corrected chi connectivity index (χ4v) is 3.40. The molecule has 1 aliphatic heterocycles. The van der Waals surface area contributed by atoms with Crippen LogP contribution in [0.25, 0.3) is 5.69 Å². The number of nitrogens with zero attached hydrogens (tertiary/aromatic N) is 5. The topological polar surface area (TPSA) is 68.1 Å². The quantitative estimate of drug-likeness (QED) is 0.711. The van der Waals surface area contributed by atoms with Crippen LogP contribution in [0.15, 0.2) is 36.7 Å². The molecule has 0 amide bonds. The van der Waals surface area contributed by atoms with Gasteiger partial charge in [-0.1, -0.05) is 0 Å². The molecule has 29 heavy (non-hydrogen) atoms. The van der Waals surface area contributed by atoms with Crippen LogP contribution in [0.5, 0.6) is 0 Å². The minimum atomic E-state index is -0.664. The number of halogens is 2. The van der Waals surface area contributed by atoms with E-state index in [2.05, 4.69) is 20.3 Å². The summed E-state index contributed by atoms with van der Waals surface area (Å²) in [4.78, 5) is 11.3. The van der Waals surface area contributed by atoms with Crippen LogP contribution in [0.3, 0.4) is 0 Å². The number of rotatable bonds is 5. The van der Waals surface area contributed by atoms with Gasteiger partial charge < -0.3 is 15.0 Å². The van der Waals surface area contributed by atoms with Crippen LogP contribution >= 0.6 is 0 Å². The van der Waals surface area contributed by atoms with Crippen LogP contribution in [-0.4, -0.2) is 46.1 Å². The Balaban J connectivity index is 1.41. The summed E-state index contributed by atoms with van der Waals surface area (Å²) >= 11 is 0. The number of anilines is 3. The largest absolute Gasteiger partial charge is 0.378 e. The Labute approximate surface area is 166 Å². The molecule has 1 aromatic carbocycles. The van der Waals surface area contributed by atoms with Crippen molar-refractivity contribution < 1.29 is 13.5 Å². The average Bonchev–Trinajstić information content (AvgIpc) is 3.47. The van der Waals surface area contributed by atoms with Gasteiger partial charge in [-0.25, -0.2) is 18.4 Å². The Morgan fingerprint density at radius 2 is 1.76 bits per heavy atom. The minimum Gasteiger partial charge on any atom is -0.378 e. The van der Waals surface area contributed by atoms with Crippen molar-refractivity contribution in [3.8, 4) is 5.69 Å². The maximum atomic E-state index is 13.5. The van der Waals surface area contributed by atoms with Gasteiger partial charge in [0.15, 0.2) is 0 Å². The Morgan fingerprint density at radius 3 is 2.48 bits per heavy atom. The van der Waals surface area contributed by atoms with Crippen molar-refractivity contribution in [2.45, 2.75) is 18.8 Å². The van der Waals surface area contributed by atoms with E-state index < -0.39 is 11.6 Å². The van der Waals surface area contributed by atoms with Crippen LogP contribution in [-0.2, 0) is 4.74 Å². The van der Waals surface area contributed by atoms with Gasteiger partial charge in [0.25, 0.3) is 0 Å². The lowest BCUT2D eigenvalue weighted by molar-refractivity contribution is 0.122. The highest BCUT2D eigenvalue weighted by atomic mass is 19.1. The zero-order valence-corrected chi connectivity index (χ0v) is 15.7. The number of benzene rings is 1. The molecule has 0 bridgehead atoms. The fraction of sp³-hybridized carbons (Fsp3) is 0.350. The molecule has 0 atom stereocenters. The molecule has 1 aliphatic carbocycles. The Bertz CT molecular complexity index is 1010. The van der Waals surface area contributed by atoms with E-state index in [-0.39, 0.29) is 5.69 Å². The summed E-state index contributed by atoms with van der Waals surface area (Å²) in [6, 6.07) is 7.22. The fourth-order valence-electron chi connectivity index (χ4n) is 3.40. The highest BCUT2D eigenvalue weighted by molar-refractivity contribution is 5.60. The highest BCUT2D eigenvalue weighted by Gasteiger charge is 2.27. The van der Waals surface area contributed by atoms with Gasteiger partial charge in [0.05, 0.1) is 18.9 Å². The summed E-state index contributed by atoms with van der Waals surface area (Å²) in [5.41, 5.74) is 2.17. The molecule has 7 nitrogen and oxygen atoms in total. The molecule has 2 aromatic heterocycles. The molecule has 5 rings (SSSR count). The van der Waals surface area contributed by atoms with E-state index >= 15 is 0 Å². The van der Waals surface area contributed by atoms with E-state index in [0.29, 0.717) is 25.1 Å². The molecule has 9 heteroatoms. The van der Waals surface area contributed by atoms with Gasteiger partial charge in [0.1, 0.15) is 23.8 Å². The molecule has 2 fully saturated rings. The lowest BCUT2D eigenvalue weighted by Crippen LogP contribution is -2.36. The summed E-state index contributed by atoms with van der Waals surface area (Å²) in [5, 5.41) is 7.49. The number of ether oxygens (including phenoxy) is 1. The summed E-state index contributed by atoms with van der Waals surface area (Å²) in [5.74, 6) is 0.423. The SMILES string of the molecule is Fc1cc(F)cc(-n2cnc(Nc3cc(C4CC4)nc(N4CCOCC4)c3)n2)c1. The van der Waals surface area contributed by atoms with E-state index in [9.17, 15) is 8.78 Å². The van der Waals surface area contributed by atoms with Gasteiger partial charge in [-0.15, -0.1) is 5.10 Å². The zero-order chi connectivity index (χ0) is 19.8. The van der Waals surface area contributed by atoms with Gasteiger partial charge in [-0.2, -0.15) is 4.98 Å². The van der Waals surface area contributed by atoms with E-state index in [1.807, 2.05) is 12.1 Å². The van der Waals surface area contributed by atoms with Gasteiger partial charge in [-0.05, 0) is 31.0 Å². The minimum absolute atomic E-state index is 0.269. The molecule has 0 spiro atoms. The van der Waals surface area contributed by atoms with Gasteiger partial charge in [-0.3, -0.25) is 0 Å². The van der Waals surface area contributed by atoms with Crippen LogP contribution in [0.2, 0.25) is 0 Å². The van der Waals surface area contributed by atoms with Crippen LogP contribution in [0.4, 0.5) is 26.2 Å². The number of hydrogen-bond acceptors (Lipinski definition) is 6. The van der Waals surface area contributed by atoms with E-state index in [1.165, 1.54) is 23.1 Å². The molecule has 0 unspecified atom stereocenters. The molecule has 0 radical (unpaired) electrons. The maximum absolute atomic E-state index is 13.5. The van der Waals surface area contributed by atoms with E-state index in [1.54, 1.807) is 0 Å². The number of aromatic nitrogens is 4. The molecule has 150 valence electrons. The van der Waals surface area contributed by atoms with Gasteiger partial charge >= 0.3 is 0 Å². The first-order valence-electron chi connectivity index (χ1n) is 9.64. The molecule has 1 saturated heterocycles. The highest BCUT2D eigenvalue weighted by Crippen LogP contribution is 2.41. The number of hydrogen-bond donors (Lipinski definition) is 1. The Morgan fingerprint density at radius 1 is 1.00 bits per heavy atom. The van der Waals surface area contributed by atoms with Crippen molar-refractivity contribution >= 4 is 17.5 Å². The molecular weight excluding hydrogens is 378 g/mol. The molecule has 1 saturated carbocycles. The van der Waals surface area contributed by atoms with E-state index in [4.69, 9.17) is 9.72 Å². The smallest absolute Gasteiger partial charge is 0.246 e. The number of morpholine rings is 1. The molecule has 1 N–H and O–H groups in total. The van der Waals surface area contributed by atoms with E-state index in [0.717, 1.165) is 49.2 Å². The molecular formula is C20H20F2N6O. The Hall–Kier alpha value is -3.07. The number of nitrogens with one attached hydrogen (secondary N) is 1. The van der Waals surface area contributed by atoms with Gasteiger partial charge in [0, 0.05) is 42.5 Å². The van der Waals surface area contributed by atoms with Gasteiger partial charge in [0.2, 0.25) is 5.95 Å². The van der Waals surface area contributed by atoms with Crippen LogP contribution in [0.1, 0.15) is 24.5 Å². The van der Waals surface area contributed by atoms with Crippen molar-refractivity contribution in [2.75, 3.05) is 36.5 Å². The Kier molecular flexibility index (Phi) is 4.59. The third kappa shape index (κ3) is 4.04. The number of pyridine rings is 1. The first-order valence-corrected chi connectivity index (χ1v) is 9.64. The van der Waals surface area contributed by atoms with Crippen molar-refractivity contribution in [3.05, 3.63) is 54.0 Å². The molecule has 2 aliphatic rings. The summed E-state index contributed by atoms with van der Waals surface area (Å²) in [6.07, 6.45) is 3.72. The first-order chi connectivity index (χ1) is 14.1. The maximum Gasteiger partial charge on any atom is 0.246 e. The third-order valence-corrected chi connectivity index (χ3v) is 5.02. The summed E-state index contributed by atoms with van der Waals surface area (Å²) in [7, 11) is 0. The summed E-state index contributed by atoms with van der Waals surface area (Å²) < 4.78 is 33.7. The monoisotopic (exact) mass is 398 g/mol. The second-order valence-electron chi connectivity index (χ2n) is 7.28. The second kappa shape index (κ2) is 7.40. The van der Waals surface area contributed by atoms with Crippen molar-refractivity contribution in [1.82, 2.24) is 19.7 Å². The van der Waals surface area contributed by atoms with Crippen LogP contribution < -0.4 is 10.2 Å². The molecule has 3 aromatic rings. The summed E-state index contributed by atoms with van der Waals surface area (Å²) in [6.45, 7) is 2.99. The molecule has 3 heterocycles. The van der Waals surface area contributed by atoms with Crippen molar-refractivity contribution in [1.29, 1.82) is 0 Å². The lowest BCUT2D eigenvalue weighted by atomic mass is 10.2. The normalized spacial score (nSPS) is 16.8. The zero-order valence-electron chi connectivity index (χ0n) is 15.7. The van der Waals surface area contributed by atoms with Crippen LogP contribution in [0, 0.1) is 11.6 Å². The second-order valence-corrected chi connectivity index (χ2v) is 7.28. The average molecular weight is 398 g/mol. The third-order valence-electron chi connectivity index (χ3n) is 5.02. The van der Waals surface area contributed by atoms with Crippen molar-refractivity contribution in [2.24, 2.45) is 0 Å². The lowest BCUT2D eigenvalue weighted by Gasteiger charge is -2.28. The predicted molar refractivity (Wildman–Crippen MR) is 104 cm³/mol. The standard InChI is InChI=1S/C20H20F2N6O/c21-14-7-15(22)9-17(8-14)28-12-23-20(26-28)24-16-10-18(13-1-2-13)25-19(11-16)27-3-5-29-6-4-27/h7-13H,1-6H2,(H,24,25,26). The first kappa shape index (κ1) is 18.0. The van der Waals surface area contributed by atoms with Crippen molar-refractivity contribution in [3.63, 3.8) is 0 Å².